The normalized spacial score (nSPS) is 12.4. The molecule has 0 bridgehead atoms. The molecule has 15 heavy (non-hydrogen) atoms. The highest BCUT2D eigenvalue weighted by atomic mass is 35.5. The lowest BCUT2D eigenvalue weighted by Gasteiger charge is -2.07. The summed E-state index contributed by atoms with van der Waals surface area (Å²) >= 11 is 5.47. The van der Waals surface area contributed by atoms with Crippen LogP contribution in [-0.4, -0.2) is 10.8 Å². The van der Waals surface area contributed by atoms with E-state index in [1.165, 1.54) is 5.67 Å². The van der Waals surface area contributed by atoms with Gasteiger partial charge in [0.1, 0.15) is 0 Å². The third kappa shape index (κ3) is 2.91. The summed E-state index contributed by atoms with van der Waals surface area (Å²) in [7, 11) is 0. The Morgan fingerprint density at radius 2 is 2.27 bits per heavy atom. The van der Waals surface area contributed by atoms with Crippen LogP contribution in [0.15, 0.2) is 29.3 Å². The van der Waals surface area contributed by atoms with Crippen molar-refractivity contribution in [1.82, 2.24) is 0 Å². The van der Waals surface area contributed by atoms with Gasteiger partial charge in [0.2, 0.25) is 0 Å². The summed E-state index contributed by atoms with van der Waals surface area (Å²) < 4.78 is 0. The van der Waals surface area contributed by atoms with Gasteiger partial charge in [-0.2, -0.15) is 0 Å². The van der Waals surface area contributed by atoms with Gasteiger partial charge < -0.3 is 5.11 Å². The Kier molecular flexibility index (Phi) is 4.53. The van der Waals surface area contributed by atoms with E-state index in [0.717, 1.165) is 22.4 Å². The lowest BCUT2D eigenvalue weighted by atomic mass is 10.0. The zero-order valence-electron chi connectivity index (χ0n) is 8.87. The Bertz CT molecular complexity index is 397. The molecule has 3 heteroatoms. The number of allylic oxidation sites excluding steroid dienone is 2. The van der Waals surface area contributed by atoms with E-state index in [1.54, 1.807) is 0 Å². The Hall–Kier alpha value is -1.12. The maximum atomic E-state index is 9.05. The summed E-state index contributed by atoms with van der Waals surface area (Å²) in [6, 6.07) is 5.62. The molecule has 0 spiro atoms. The van der Waals surface area contributed by atoms with E-state index < -0.39 is 0 Å². The minimum Gasteiger partial charge on any atom is -0.392 e. The van der Waals surface area contributed by atoms with Gasteiger partial charge in [-0.1, -0.05) is 23.7 Å². The first-order valence-corrected chi connectivity index (χ1v) is 5.16. The van der Waals surface area contributed by atoms with Crippen LogP contribution < -0.4 is 0 Å². The molecule has 80 valence electrons. The number of nitrogens with zero attached hydrogens (tertiary/aromatic N) is 1. The summed E-state index contributed by atoms with van der Waals surface area (Å²) in [5.74, 6) is 0. The number of benzene rings is 1. The number of halogens is 1. The van der Waals surface area contributed by atoms with E-state index in [1.807, 2.05) is 38.1 Å². The van der Waals surface area contributed by atoms with Gasteiger partial charge in [0.25, 0.3) is 0 Å². The first-order valence-electron chi connectivity index (χ1n) is 4.72. The molecular formula is C12H14ClNO. The van der Waals surface area contributed by atoms with Crippen molar-refractivity contribution in [3.8, 4) is 0 Å². The molecule has 0 aliphatic heterocycles. The molecule has 2 nitrogen and oxygen atoms in total. The van der Waals surface area contributed by atoms with Crippen molar-refractivity contribution in [2.75, 3.05) is 0 Å². The molecule has 0 saturated carbocycles. The largest absolute Gasteiger partial charge is 0.392 e. The lowest BCUT2D eigenvalue weighted by molar-refractivity contribution is 0.282. The second-order valence-corrected chi connectivity index (χ2v) is 3.40. The molecule has 0 aromatic heterocycles. The van der Waals surface area contributed by atoms with E-state index in [-0.39, 0.29) is 6.61 Å². The van der Waals surface area contributed by atoms with Crippen molar-refractivity contribution in [2.45, 2.75) is 20.5 Å². The maximum Gasteiger partial charge on any atom is 0.0934 e. The average Bonchev–Trinajstić information content (AvgIpc) is 2.29. The van der Waals surface area contributed by atoms with Crippen LogP contribution in [0.3, 0.4) is 0 Å². The fraction of sp³-hybridized carbons (Fsp3) is 0.250. The molecule has 0 aliphatic rings. The third-order valence-electron chi connectivity index (χ3n) is 2.29. The molecular weight excluding hydrogens is 210 g/mol. The van der Waals surface area contributed by atoms with Crippen LogP contribution in [-0.2, 0) is 6.61 Å². The van der Waals surface area contributed by atoms with Crippen LogP contribution in [0.4, 0.5) is 5.69 Å². The first-order chi connectivity index (χ1) is 7.22. The van der Waals surface area contributed by atoms with Gasteiger partial charge in [-0.3, -0.25) is 0 Å². The van der Waals surface area contributed by atoms with Gasteiger partial charge >= 0.3 is 0 Å². The summed E-state index contributed by atoms with van der Waals surface area (Å²) in [4.78, 5) is 4.07. The first kappa shape index (κ1) is 12.0. The molecule has 0 heterocycles. The average molecular weight is 224 g/mol. The fourth-order valence-electron chi connectivity index (χ4n) is 1.32. The monoisotopic (exact) mass is 223 g/mol. The van der Waals surface area contributed by atoms with Gasteiger partial charge in [-0.25, -0.2) is 4.99 Å². The highest BCUT2D eigenvalue weighted by Gasteiger charge is 2.03. The van der Waals surface area contributed by atoms with E-state index in [2.05, 4.69) is 4.99 Å². The van der Waals surface area contributed by atoms with Crippen molar-refractivity contribution in [1.29, 1.82) is 0 Å². The number of aliphatic hydroxyl groups excluding tert-OH is 1. The third-order valence-corrected chi connectivity index (χ3v) is 2.39. The zero-order chi connectivity index (χ0) is 11.3. The van der Waals surface area contributed by atoms with Crippen molar-refractivity contribution in [3.05, 3.63) is 35.4 Å². The predicted molar refractivity (Wildman–Crippen MR) is 65.7 cm³/mol. The molecule has 1 aromatic carbocycles. The Labute approximate surface area is 94.9 Å². The molecule has 0 radical (unpaired) electrons. The standard InChI is InChI=1S/C12H14ClNO/c1-3-9(2)11-6-10(7-15)4-5-12(11)14-8-13/h3-6,8,15H,7H2,1-2H3/b9-3-,14-8?. The van der Waals surface area contributed by atoms with Gasteiger partial charge in [0.05, 0.1) is 18.0 Å². The van der Waals surface area contributed by atoms with Crippen molar-refractivity contribution >= 4 is 28.5 Å². The topological polar surface area (TPSA) is 32.6 Å². The summed E-state index contributed by atoms with van der Waals surface area (Å²) in [5, 5.41) is 9.05. The number of hydrogen-bond acceptors (Lipinski definition) is 2. The van der Waals surface area contributed by atoms with Crippen LogP contribution in [0.25, 0.3) is 5.57 Å². The van der Waals surface area contributed by atoms with Crippen molar-refractivity contribution in [2.24, 2.45) is 4.99 Å². The van der Waals surface area contributed by atoms with Crippen LogP contribution in [0.1, 0.15) is 25.0 Å². The number of aliphatic imine (C=N–C) groups is 1. The molecule has 0 saturated heterocycles. The minimum absolute atomic E-state index is 0.0366. The second kappa shape index (κ2) is 5.69. The molecule has 0 unspecified atom stereocenters. The summed E-state index contributed by atoms with van der Waals surface area (Å²) in [6.45, 7) is 4.01. The van der Waals surface area contributed by atoms with Gasteiger partial charge in [0, 0.05) is 5.56 Å². The molecule has 0 amide bonds. The van der Waals surface area contributed by atoms with Crippen LogP contribution >= 0.6 is 11.6 Å². The molecule has 0 aliphatic carbocycles. The number of rotatable bonds is 3. The molecule has 0 atom stereocenters. The van der Waals surface area contributed by atoms with Crippen molar-refractivity contribution < 1.29 is 5.11 Å². The number of hydrogen-bond donors (Lipinski definition) is 1. The molecule has 1 N–H and O–H groups in total. The maximum absolute atomic E-state index is 9.05. The molecule has 0 fully saturated rings. The van der Waals surface area contributed by atoms with E-state index >= 15 is 0 Å². The highest BCUT2D eigenvalue weighted by Crippen LogP contribution is 2.27. The fourth-order valence-corrected chi connectivity index (χ4v) is 1.42. The van der Waals surface area contributed by atoms with Gasteiger partial charge in [-0.15, -0.1) is 0 Å². The Morgan fingerprint density at radius 3 is 2.80 bits per heavy atom. The van der Waals surface area contributed by atoms with E-state index in [0.29, 0.717) is 0 Å². The summed E-state index contributed by atoms with van der Waals surface area (Å²) in [5.41, 5.74) is 5.06. The smallest absolute Gasteiger partial charge is 0.0934 e. The molecule has 1 aromatic rings. The van der Waals surface area contributed by atoms with E-state index in [4.69, 9.17) is 16.7 Å². The summed E-state index contributed by atoms with van der Waals surface area (Å²) in [6.07, 6.45) is 2.00. The van der Waals surface area contributed by atoms with Gasteiger partial charge in [0.15, 0.2) is 0 Å². The Morgan fingerprint density at radius 1 is 1.53 bits per heavy atom. The highest BCUT2D eigenvalue weighted by molar-refractivity contribution is 6.56. The lowest BCUT2D eigenvalue weighted by Crippen LogP contribution is -1.87. The second-order valence-electron chi connectivity index (χ2n) is 3.21. The minimum atomic E-state index is 0.0366. The van der Waals surface area contributed by atoms with Crippen LogP contribution in [0.2, 0.25) is 0 Å². The van der Waals surface area contributed by atoms with E-state index in [9.17, 15) is 0 Å². The molecule has 1 rings (SSSR count). The zero-order valence-corrected chi connectivity index (χ0v) is 9.62. The SMILES string of the molecule is C/C=C(/C)c1cc(CO)ccc1N=CCl. The van der Waals surface area contributed by atoms with Crippen LogP contribution in [0, 0.1) is 0 Å². The number of aliphatic hydroxyl groups is 1. The van der Waals surface area contributed by atoms with Crippen LogP contribution in [0.5, 0.6) is 0 Å². The Balaban J connectivity index is 3.28. The quantitative estimate of drug-likeness (QED) is 0.782. The van der Waals surface area contributed by atoms with Crippen molar-refractivity contribution in [3.63, 3.8) is 0 Å². The van der Waals surface area contributed by atoms with Gasteiger partial charge in [-0.05, 0) is 37.1 Å². The predicted octanol–water partition coefficient (Wildman–Crippen LogP) is 3.50.